The molecule has 4 heteroatoms. The third-order valence-corrected chi connectivity index (χ3v) is 6.79. The van der Waals surface area contributed by atoms with Gasteiger partial charge in [0.15, 0.2) is 0 Å². The number of amides is 1. The van der Waals surface area contributed by atoms with Crippen molar-refractivity contribution in [3.05, 3.63) is 94.5 Å². The minimum Gasteiger partial charge on any atom is -0.497 e. The Bertz CT molecular complexity index is 1140. The summed E-state index contributed by atoms with van der Waals surface area (Å²) in [7, 11) is 3.21. The molecule has 0 aromatic heterocycles. The molecule has 1 aliphatic rings. The topological polar surface area (TPSA) is 38.8 Å². The maximum Gasteiger partial charge on any atom is 0.258 e. The normalized spacial score (nSPS) is 15.4. The van der Waals surface area contributed by atoms with Crippen LogP contribution in [0.5, 0.6) is 11.5 Å². The molecule has 0 fully saturated rings. The van der Waals surface area contributed by atoms with Crippen LogP contribution in [0, 0.1) is 0 Å². The van der Waals surface area contributed by atoms with Crippen molar-refractivity contribution in [2.24, 2.45) is 0 Å². The highest BCUT2D eigenvalue weighted by molar-refractivity contribution is 5.97. The van der Waals surface area contributed by atoms with Crippen LogP contribution in [0.2, 0.25) is 0 Å². The Balaban J connectivity index is 1.74. The maximum atomic E-state index is 14.1. The summed E-state index contributed by atoms with van der Waals surface area (Å²) in [5, 5.41) is 0. The standard InChI is InChI=1S/C30H35NO3/c1-30(2,3)23-15-13-21(14-16-23)20-31(27-12-8-10-22-9-6-7-11-25(22)27)29(32)26-18-17-24(33-4)19-28(26)34-5/h6-7,9,11,13-19,27H,8,10,12,20H2,1-5H3. The van der Waals surface area contributed by atoms with Crippen LogP contribution in [0.4, 0.5) is 0 Å². The van der Waals surface area contributed by atoms with E-state index in [0.717, 1.165) is 24.8 Å². The van der Waals surface area contributed by atoms with Crippen LogP contribution in [-0.2, 0) is 18.4 Å². The summed E-state index contributed by atoms with van der Waals surface area (Å²) in [5.41, 5.74) is 5.64. The lowest BCUT2D eigenvalue weighted by Crippen LogP contribution is -2.36. The predicted molar refractivity (Wildman–Crippen MR) is 137 cm³/mol. The van der Waals surface area contributed by atoms with Crippen molar-refractivity contribution in [3.63, 3.8) is 0 Å². The van der Waals surface area contributed by atoms with Crippen molar-refractivity contribution < 1.29 is 14.3 Å². The second-order valence-electron chi connectivity index (χ2n) is 10.1. The molecule has 1 unspecified atom stereocenters. The summed E-state index contributed by atoms with van der Waals surface area (Å²) in [6.45, 7) is 7.18. The molecule has 0 saturated carbocycles. The summed E-state index contributed by atoms with van der Waals surface area (Å²) in [4.78, 5) is 16.1. The summed E-state index contributed by atoms with van der Waals surface area (Å²) in [5.74, 6) is 1.17. The maximum absolute atomic E-state index is 14.1. The number of hydrogen-bond acceptors (Lipinski definition) is 3. The molecule has 0 bridgehead atoms. The van der Waals surface area contributed by atoms with Crippen LogP contribution < -0.4 is 9.47 Å². The first kappa shape index (κ1) is 23.9. The monoisotopic (exact) mass is 457 g/mol. The van der Waals surface area contributed by atoms with Gasteiger partial charge in [-0.3, -0.25) is 4.79 Å². The lowest BCUT2D eigenvalue weighted by atomic mass is 9.85. The Hall–Kier alpha value is -3.27. The van der Waals surface area contributed by atoms with Gasteiger partial charge in [0.1, 0.15) is 11.5 Å². The number of nitrogens with zero attached hydrogens (tertiary/aromatic N) is 1. The van der Waals surface area contributed by atoms with E-state index in [1.807, 2.05) is 17.0 Å². The minimum absolute atomic E-state index is 0.0200. The molecule has 0 saturated heterocycles. The van der Waals surface area contributed by atoms with Crippen LogP contribution in [0.3, 0.4) is 0 Å². The van der Waals surface area contributed by atoms with Gasteiger partial charge < -0.3 is 14.4 Å². The Morgan fingerprint density at radius 2 is 1.71 bits per heavy atom. The van der Waals surface area contributed by atoms with Crippen molar-refractivity contribution in [2.45, 2.75) is 58.0 Å². The van der Waals surface area contributed by atoms with Crippen molar-refractivity contribution in [3.8, 4) is 11.5 Å². The highest BCUT2D eigenvalue weighted by Gasteiger charge is 2.31. The molecule has 0 heterocycles. The van der Waals surface area contributed by atoms with Gasteiger partial charge in [-0.1, -0.05) is 69.3 Å². The van der Waals surface area contributed by atoms with Gasteiger partial charge in [-0.15, -0.1) is 0 Å². The SMILES string of the molecule is COc1ccc(C(=O)N(Cc2ccc(C(C)(C)C)cc2)C2CCCc3ccccc32)c(OC)c1. The first-order valence-corrected chi connectivity index (χ1v) is 12.0. The third-order valence-electron chi connectivity index (χ3n) is 6.79. The fourth-order valence-corrected chi connectivity index (χ4v) is 4.81. The second-order valence-corrected chi connectivity index (χ2v) is 10.1. The lowest BCUT2D eigenvalue weighted by molar-refractivity contribution is 0.0634. The predicted octanol–water partition coefficient (Wildman–Crippen LogP) is 6.72. The molecule has 4 nitrogen and oxygen atoms in total. The van der Waals surface area contributed by atoms with Crippen molar-refractivity contribution in [2.75, 3.05) is 14.2 Å². The van der Waals surface area contributed by atoms with Crippen LogP contribution in [-0.4, -0.2) is 25.0 Å². The van der Waals surface area contributed by atoms with Gasteiger partial charge in [-0.2, -0.15) is 0 Å². The number of ether oxygens (including phenoxy) is 2. The average Bonchev–Trinajstić information content (AvgIpc) is 2.86. The molecule has 1 aliphatic carbocycles. The van der Waals surface area contributed by atoms with E-state index >= 15 is 0 Å². The molecule has 34 heavy (non-hydrogen) atoms. The summed E-state index contributed by atoms with van der Waals surface area (Å²) in [6, 6.07) is 22.6. The van der Waals surface area contributed by atoms with Gasteiger partial charge in [0.05, 0.1) is 25.8 Å². The van der Waals surface area contributed by atoms with Crippen LogP contribution in [0.1, 0.15) is 72.3 Å². The van der Waals surface area contributed by atoms with E-state index in [2.05, 4.69) is 69.3 Å². The summed E-state index contributed by atoms with van der Waals surface area (Å²) >= 11 is 0. The van der Waals surface area contributed by atoms with Crippen molar-refractivity contribution in [1.82, 2.24) is 4.90 Å². The van der Waals surface area contributed by atoms with E-state index < -0.39 is 0 Å². The molecule has 0 radical (unpaired) electrons. The van der Waals surface area contributed by atoms with E-state index in [4.69, 9.17) is 9.47 Å². The molecule has 4 rings (SSSR count). The van der Waals surface area contributed by atoms with Crippen LogP contribution >= 0.6 is 0 Å². The molecular weight excluding hydrogens is 422 g/mol. The number of hydrogen-bond donors (Lipinski definition) is 0. The van der Waals surface area contributed by atoms with Gasteiger partial charge in [0, 0.05) is 12.6 Å². The average molecular weight is 458 g/mol. The van der Waals surface area contributed by atoms with Gasteiger partial charge in [0.25, 0.3) is 5.91 Å². The quantitative estimate of drug-likeness (QED) is 0.412. The van der Waals surface area contributed by atoms with Gasteiger partial charge >= 0.3 is 0 Å². The number of fused-ring (bicyclic) bond motifs is 1. The van der Waals surface area contributed by atoms with Crippen molar-refractivity contribution >= 4 is 5.91 Å². The van der Waals surface area contributed by atoms with Crippen LogP contribution in [0.15, 0.2) is 66.7 Å². The highest BCUT2D eigenvalue weighted by Crippen LogP contribution is 2.37. The largest absolute Gasteiger partial charge is 0.497 e. The minimum atomic E-state index is -0.0268. The highest BCUT2D eigenvalue weighted by atomic mass is 16.5. The van der Waals surface area contributed by atoms with E-state index in [9.17, 15) is 4.79 Å². The van der Waals surface area contributed by atoms with Crippen LogP contribution in [0.25, 0.3) is 0 Å². The van der Waals surface area contributed by atoms with E-state index in [-0.39, 0.29) is 17.4 Å². The number of methoxy groups -OCH3 is 2. The summed E-state index contributed by atoms with van der Waals surface area (Å²) < 4.78 is 10.9. The molecule has 1 atom stereocenters. The van der Waals surface area contributed by atoms with E-state index in [1.165, 1.54) is 16.7 Å². The molecule has 178 valence electrons. The third kappa shape index (κ3) is 4.96. The number of rotatable bonds is 6. The zero-order valence-electron chi connectivity index (χ0n) is 20.9. The number of carbonyl (C=O) groups is 1. The van der Waals surface area contributed by atoms with E-state index in [1.54, 1.807) is 20.3 Å². The fourth-order valence-electron chi connectivity index (χ4n) is 4.81. The molecule has 0 N–H and O–H groups in total. The van der Waals surface area contributed by atoms with Gasteiger partial charge in [-0.05, 0) is 59.1 Å². The summed E-state index contributed by atoms with van der Waals surface area (Å²) in [6.07, 6.45) is 3.07. The molecule has 3 aromatic carbocycles. The van der Waals surface area contributed by atoms with Crippen molar-refractivity contribution in [1.29, 1.82) is 0 Å². The van der Waals surface area contributed by atoms with E-state index in [0.29, 0.717) is 23.6 Å². The first-order valence-electron chi connectivity index (χ1n) is 12.0. The Kier molecular flexibility index (Phi) is 6.97. The fraction of sp³-hybridized carbons (Fsp3) is 0.367. The molecule has 1 amide bonds. The number of aryl methyl sites for hydroxylation is 1. The number of benzene rings is 3. The Labute approximate surface area is 203 Å². The smallest absolute Gasteiger partial charge is 0.258 e. The zero-order valence-corrected chi connectivity index (χ0v) is 20.9. The second kappa shape index (κ2) is 9.92. The van der Waals surface area contributed by atoms with Gasteiger partial charge in [-0.25, -0.2) is 0 Å². The first-order chi connectivity index (χ1) is 16.3. The molecular formula is C30H35NO3. The zero-order chi connectivity index (χ0) is 24.3. The Morgan fingerprint density at radius 3 is 2.38 bits per heavy atom. The Morgan fingerprint density at radius 1 is 0.971 bits per heavy atom. The molecule has 0 spiro atoms. The lowest BCUT2D eigenvalue weighted by Gasteiger charge is -2.36. The molecule has 3 aromatic rings. The van der Waals surface area contributed by atoms with Gasteiger partial charge in [0.2, 0.25) is 0 Å². The number of carbonyl (C=O) groups excluding carboxylic acids is 1. The molecule has 0 aliphatic heterocycles.